The molecule has 0 radical (unpaired) electrons. The van der Waals surface area contributed by atoms with Gasteiger partial charge in [-0.3, -0.25) is 4.79 Å². The number of nitrogens with one attached hydrogen (secondary N) is 2. The van der Waals surface area contributed by atoms with Crippen LogP contribution in [0.5, 0.6) is 0 Å². The molecule has 2 aromatic rings. The molecule has 0 spiro atoms. The second-order valence-electron chi connectivity index (χ2n) is 4.49. The van der Waals surface area contributed by atoms with Gasteiger partial charge in [0.25, 0.3) is 5.91 Å². The number of para-hydroxylation sites is 1. The van der Waals surface area contributed by atoms with Crippen molar-refractivity contribution < 1.29 is 4.79 Å². The van der Waals surface area contributed by atoms with Crippen LogP contribution < -0.4 is 10.6 Å². The number of rotatable bonds is 7. The summed E-state index contributed by atoms with van der Waals surface area (Å²) in [6, 6.07) is 7.56. The minimum atomic E-state index is -0.0350. The van der Waals surface area contributed by atoms with Gasteiger partial charge in [0, 0.05) is 37.7 Å². The topological polar surface area (TPSA) is 59.0 Å². The van der Waals surface area contributed by atoms with Crippen LogP contribution in [0, 0.1) is 0 Å². The van der Waals surface area contributed by atoms with Crippen LogP contribution in [0.2, 0.25) is 0 Å². The molecular weight excluding hydrogens is 252 g/mol. The summed E-state index contributed by atoms with van der Waals surface area (Å²) < 4.78 is 2.00. The first-order valence-corrected chi connectivity index (χ1v) is 6.88. The lowest BCUT2D eigenvalue weighted by Gasteiger charge is -2.11. The third-order valence-corrected chi connectivity index (χ3v) is 2.98. The fraction of sp³-hybridized carbons (Fsp3) is 0.333. The molecule has 5 heteroatoms. The van der Waals surface area contributed by atoms with Gasteiger partial charge in [-0.2, -0.15) is 0 Å². The van der Waals surface area contributed by atoms with Gasteiger partial charge >= 0.3 is 0 Å². The number of aromatic nitrogens is 2. The molecule has 5 nitrogen and oxygen atoms in total. The monoisotopic (exact) mass is 272 g/mol. The van der Waals surface area contributed by atoms with Gasteiger partial charge in [-0.25, -0.2) is 4.98 Å². The molecule has 106 valence electrons. The van der Waals surface area contributed by atoms with Crippen LogP contribution in [0.4, 0.5) is 5.69 Å². The average Bonchev–Trinajstić information content (AvgIpc) is 2.97. The van der Waals surface area contributed by atoms with Gasteiger partial charge in [0.15, 0.2) is 0 Å². The number of anilines is 1. The molecule has 0 aliphatic carbocycles. The van der Waals surface area contributed by atoms with Gasteiger partial charge in [-0.1, -0.05) is 12.1 Å². The van der Waals surface area contributed by atoms with E-state index in [-0.39, 0.29) is 5.91 Å². The summed E-state index contributed by atoms with van der Waals surface area (Å²) in [4.78, 5) is 16.1. The summed E-state index contributed by atoms with van der Waals surface area (Å²) in [6.45, 7) is 4.32. The summed E-state index contributed by atoms with van der Waals surface area (Å²) >= 11 is 0. The maximum Gasteiger partial charge on any atom is 0.253 e. The molecule has 0 aliphatic heterocycles. The van der Waals surface area contributed by atoms with Crippen molar-refractivity contribution in [2.24, 2.45) is 0 Å². The van der Waals surface area contributed by atoms with Crippen molar-refractivity contribution >= 4 is 11.6 Å². The first kappa shape index (κ1) is 14.1. The second kappa shape index (κ2) is 7.33. The molecule has 2 N–H and O–H groups in total. The van der Waals surface area contributed by atoms with E-state index >= 15 is 0 Å². The van der Waals surface area contributed by atoms with E-state index in [2.05, 4.69) is 15.6 Å². The van der Waals surface area contributed by atoms with Crippen molar-refractivity contribution in [1.82, 2.24) is 14.9 Å². The minimum absolute atomic E-state index is 0.0350. The second-order valence-corrected chi connectivity index (χ2v) is 4.49. The molecule has 0 fully saturated rings. The van der Waals surface area contributed by atoms with E-state index in [4.69, 9.17) is 0 Å². The standard InChI is InChI=1S/C15H20N4O/c1-2-17-14-7-4-3-6-13(14)15(20)18-8-5-10-19-11-9-16-12-19/h3-4,6-7,9,11-12,17H,2,5,8,10H2,1H3,(H,18,20). The van der Waals surface area contributed by atoms with Crippen molar-refractivity contribution in [3.63, 3.8) is 0 Å². The number of carbonyl (C=O) groups excluding carboxylic acids is 1. The molecule has 2 rings (SSSR count). The van der Waals surface area contributed by atoms with E-state index in [0.29, 0.717) is 12.1 Å². The Morgan fingerprint density at radius 3 is 2.95 bits per heavy atom. The van der Waals surface area contributed by atoms with E-state index in [0.717, 1.165) is 25.2 Å². The Labute approximate surface area is 119 Å². The Bertz CT molecular complexity index is 537. The van der Waals surface area contributed by atoms with E-state index < -0.39 is 0 Å². The number of benzene rings is 1. The number of imidazole rings is 1. The largest absolute Gasteiger partial charge is 0.385 e. The summed E-state index contributed by atoms with van der Waals surface area (Å²) in [5, 5.41) is 6.14. The number of amides is 1. The maximum absolute atomic E-state index is 12.1. The molecule has 0 bridgehead atoms. The van der Waals surface area contributed by atoms with Crippen LogP contribution in [-0.4, -0.2) is 28.5 Å². The molecule has 0 atom stereocenters. The van der Waals surface area contributed by atoms with E-state index in [9.17, 15) is 4.79 Å². The zero-order valence-electron chi connectivity index (χ0n) is 11.7. The lowest BCUT2D eigenvalue weighted by molar-refractivity contribution is 0.0953. The van der Waals surface area contributed by atoms with Crippen LogP contribution >= 0.6 is 0 Å². The summed E-state index contributed by atoms with van der Waals surface area (Å²) in [5.74, 6) is -0.0350. The normalized spacial score (nSPS) is 10.2. The fourth-order valence-electron chi connectivity index (χ4n) is 2.00. The Morgan fingerprint density at radius 1 is 1.35 bits per heavy atom. The highest BCUT2D eigenvalue weighted by Gasteiger charge is 2.09. The van der Waals surface area contributed by atoms with E-state index in [1.165, 1.54) is 0 Å². The fourth-order valence-corrected chi connectivity index (χ4v) is 2.00. The molecule has 1 aromatic heterocycles. The van der Waals surface area contributed by atoms with Gasteiger partial charge in [0.2, 0.25) is 0 Å². The van der Waals surface area contributed by atoms with Gasteiger partial charge in [0.1, 0.15) is 0 Å². The van der Waals surface area contributed by atoms with E-state index in [1.54, 1.807) is 12.5 Å². The zero-order valence-corrected chi connectivity index (χ0v) is 11.7. The van der Waals surface area contributed by atoms with Crippen molar-refractivity contribution in [2.45, 2.75) is 19.9 Å². The SMILES string of the molecule is CCNc1ccccc1C(=O)NCCCn1ccnc1. The highest BCUT2D eigenvalue weighted by Crippen LogP contribution is 2.14. The molecule has 1 aromatic carbocycles. The van der Waals surface area contributed by atoms with Crippen LogP contribution in [0.1, 0.15) is 23.7 Å². The van der Waals surface area contributed by atoms with Gasteiger partial charge in [0.05, 0.1) is 11.9 Å². The minimum Gasteiger partial charge on any atom is -0.385 e. The molecule has 20 heavy (non-hydrogen) atoms. The predicted molar refractivity (Wildman–Crippen MR) is 79.8 cm³/mol. The molecule has 0 saturated carbocycles. The van der Waals surface area contributed by atoms with E-state index in [1.807, 2.05) is 42.0 Å². The Balaban J connectivity index is 1.82. The molecule has 0 saturated heterocycles. The molecule has 0 aliphatic rings. The highest BCUT2D eigenvalue weighted by molar-refractivity contribution is 5.99. The van der Waals surface area contributed by atoms with Crippen molar-refractivity contribution in [1.29, 1.82) is 0 Å². The molecule has 1 amide bonds. The van der Waals surface area contributed by atoms with Gasteiger partial charge < -0.3 is 15.2 Å². The predicted octanol–water partition coefficient (Wildman–Crippen LogP) is 2.13. The lowest BCUT2D eigenvalue weighted by atomic mass is 10.1. The Morgan fingerprint density at radius 2 is 2.20 bits per heavy atom. The number of nitrogens with zero attached hydrogens (tertiary/aromatic N) is 2. The molecular formula is C15H20N4O. The first-order valence-electron chi connectivity index (χ1n) is 6.88. The Kier molecular flexibility index (Phi) is 5.17. The quantitative estimate of drug-likeness (QED) is 0.759. The first-order chi connectivity index (χ1) is 9.81. The maximum atomic E-state index is 12.1. The van der Waals surface area contributed by atoms with Gasteiger partial charge in [-0.05, 0) is 25.5 Å². The third kappa shape index (κ3) is 3.85. The smallest absolute Gasteiger partial charge is 0.253 e. The van der Waals surface area contributed by atoms with Crippen molar-refractivity contribution in [3.05, 3.63) is 48.5 Å². The van der Waals surface area contributed by atoms with Crippen molar-refractivity contribution in [3.8, 4) is 0 Å². The van der Waals surface area contributed by atoms with Crippen molar-refractivity contribution in [2.75, 3.05) is 18.4 Å². The Hall–Kier alpha value is -2.30. The zero-order chi connectivity index (χ0) is 14.2. The lowest BCUT2D eigenvalue weighted by Crippen LogP contribution is -2.26. The third-order valence-electron chi connectivity index (χ3n) is 2.98. The number of aryl methyl sites for hydroxylation is 1. The van der Waals surface area contributed by atoms with Crippen LogP contribution in [0.15, 0.2) is 43.0 Å². The average molecular weight is 272 g/mol. The highest BCUT2D eigenvalue weighted by atomic mass is 16.1. The molecule has 0 unspecified atom stereocenters. The van der Waals surface area contributed by atoms with Crippen LogP contribution in [-0.2, 0) is 6.54 Å². The summed E-state index contributed by atoms with van der Waals surface area (Å²) in [7, 11) is 0. The van der Waals surface area contributed by atoms with Gasteiger partial charge in [-0.15, -0.1) is 0 Å². The molecule has 1 heterocycles. The summed E-state index contributed by atoms with van der Waals surface area (Å²) in [5.41, 5.74) is 1.57. The van der Waals surface area contributed by atoms with Crippen LogP contribution in [0.25, 0.3) is 0 Å². The number of hydrogen-bond donors (Lipinski definition) is 2. The number of hydrogen-bond acceptors (Lipinski definition) is 3. The summed E-state index contributed by atoms with van der Waals surface area (Å²) in [6.07, 6.45) is 6.33. The number of carbonyl (C=O) groups is 1. The van der Waals surface area contributed by atoms with Crippen LogP contribution in [0.3, 0.4) is 0 Å².